The van der Waals surface area contributed by atoms with Gasteiger partial charge in [0.05, 0.1) is 35.7 Å². The fourth-order valence-electron chi connectivity index (χ4n) is 5.79. The molecule has 48 heavy (non-hydrogen) atoms. The van der Waals surface area contributed by atoms with Crippen LogP contribution in [0.4, 0.5) is 0 Å². The van der Waals surface area contributed by atoms with Gasteiger partial charge in [0, 0.05) is 57.4 Å². The number of benzene rings is 1. The van der Waals surface area contributed by atoms with Crippen LogP contribution < -0.4 is 5.32 Å². The number of aliphatic hydroxyl groups is 4. The Morgan fingerprint density at radius 2 is 1.27 bits per heavy atom. The van der Waals surface area contributed by atoms with Crippen LogP contribution >= 0.6 is 0 Å². The van der Waals surface area contributed by atoms with E-state index in [1.54, 1.807) is 40.7 Å². The van der Waals surface area contributed by atoms with E-state index in [-0.39, 0.29) is 44.9 Å². The van der Waals surface area contributed by atoms with Crippen LogP contribution in [0.3, 0.4) is 0 Å². The van der Waals surface area contributed by atoms with Crippen LogP contribution in [0.5, 0.6) is 11.5 Å². The molecular formula is C36H49NO11. The zero-order chi connectivity index (χ0) is 36.9. The quantitative estimate of drug-likeness (QED) is 0.106. The van der Waals surface area contributed by atoms with Gasteiger partial charge in [0.25, 0.3) is 5.91 Å². The van der Waals surface area contributed by atoms with Gasteiger partial charge >= 0.3 is 5.97 Å². The van der Waals surface area contributed by atoms with Gasteiger partial charge in [-0.15, -0.1) is 0 Å². The highest BCUT2D eigenvalue weighted by Crippen LogP contribution is 2.38. The van der Waals surface area contributed by atoms with Gasteiger partial charge in [0.15, 0.2) is 5.78 Å². The van der Waals surface area contributed by atoms with Crippen molar-refractivity contribution in [2.45, 2.75) is 86.7 Å². The monoisotopic (exact) mass is 671 g/mol. The molecule has 0 aliphatic heterocycles. The number of carboxylic acid groups (broad SMARTS) is 1. The predicted molar refractivity (Wildman–Crippen MR) is 178 cm³/mol. The number of aliphatic hydroxyl groups excluding tert-OH is 4. The highest BCUT2D eigenvalue weighted by Gasteiger charge is 2.38. The second kappa shape index (κ2) is 16.3. The molecule has 1 aromatic carbocycles. The Morgan fingerprint density at radius 3 is 1.79 bits per heavy atom. The van der Waals surface area contributed by atoms with Gasteiger partial charge in [0.2, 0.25) is 5.78 Å². The first-order valence-electron chi connectivity index (χ1n) is 15.8. The Morgan fingerprint density at radius 1 is 0.771 bits per heavy atom. The van der Waals surface area contributed by atoms with Crippen LogP contribution in [0.25, 0.3) is 0 Å². The lowest BCUT2D eigenvalue weighted by atomic mass is 9.77. The number of phenolic OH excluding ortho intramolecular Hbond substituents is 2. The van der Waals surface area contributed by atoms with E-state index < -0.39 is 83.2 Å². The number of phenols is 2. The number of carbonyl (C=O) groups is 4. The summed E-state index contributed by atoms with van der Waals surface area (Å²) in [6, 6.07) is 1.11. The van der Waals surface area contributed by atoms with Gasteiger partial charge < -0.3 is 41.1 Å². The molecule has 0 radical (unpaired) electrons. The summed E-state index contributed by atoms with van der Waals surface area (Å²) >= 11 is 0. The summed E-state index contributed by atoms with van der Waals surface area (Å²) in [4.78, 5) is 50.1. The van der Waals surface area contributed by atoms with E-state index >= 15 is 0 Å². The predicted octanol–water partition coefficient (Wildman–Crippen LogP) is 3.33. The van der Waals surface area contributed by atoms with Crippen molar-refractivity contribution in [2.75, 3.05) is 0 Å². The van der Waals surface area contributed by atoms with Crippen LogP contribution in [0.2, 0.25) is 0 Å². The number of aliphatic carboxylic acids is 1. The third-order valence-corrected chi connectivity index (χ3v) is 9.46. The Balaban J connectivity index is 2.09. The van der Waals surface area contributed by atoms with Crippen LogP contribution in [0, 0.1) is 36.5 Å². The van der Waals surface area contributed by atoms with Crippen LogP contribution in [-0.2, 0) is 9.59 Å². The zero-order valence-corrected chi connectivity index (χ0v) is 28.8. The number of carbonyl (C=O) groups excluding carboxylic acids is 3. The van der Waals surface area contributed by atoms with Crippen LogP contribution in [0.15, 0.2) is 52.8 Å². The molecule has 2 unspecified atom stereocenters. The second-order valence-electron chi connectivity index (χ2n) is 13.1. The molecule has 1 aliphatic rings. The largest absolute Gasteiger partial charge is 0.508 e. The lowest BCUT2D eigenvalue weighted by molar-refractivity contribution is -0.132. The van der Waals surface area contributed by atoms with E-state index in [4.69, 9.17) is 5.11 Å². The molecular weight excluding hydrogens is 622 g/mol. The van der Waals surface area contributed by atoms with E-state index in [9.17, 15) is 49.8 Å². The summed E-state index contributed by atoms with van der Waals surface area (Å²) in [7, 11) is 0. The molecule has 12 nitrogen and oxygen atoms in total. The van der Waals surface area contributed by atoms with E-state index in [1.165, 1.54) is 45.9 Å². The number of allylic oxidation sites excluding steroid dienone is 4. The van der Waals surface area contributed by atoms with Gasteiger partial charge in [-0.2, -0.15) is 0 Å². The Bertz CT molecular complexity index is 1550. The van der Waals surface area contributed by atoms with Crippen molar-refractivity contribution in [1.29, 1.82) is 0 Å². The average Bonchev–Trinajstić information content (AvgIpc) is 3.04. The molecule has 1 amide bonds. The van der Waals surface area contributed by atoms with Crippen molar-refractivity contribution in [3.63, 3.8) is 0 Å². The number of hydrogen-bond donors (Lipinski definition) is 8. The van der Waals surface area contributed by atoms with Gasteiger partial charge in [-0.05, 0) is 33.8 Å². The third kappa shape index (κ3) is 8.67. The van der Waals surface area contributed by atoms with Crippen molar-refractivity contribution in [2.24, 2.45) is 29.6 Å². The van der Waals surface area contributed by atoms with Crippen molar-refractivity contribution >= 4 is 23.4 Å². The standard InChI is InChI=1S/C36H49NO11/c1-15(28(39)21(7)30(41)23(9)31(42)22(8)29(40)17(3)13-18(4)36(47)48)11-10-12-16(2)35(46)37-27-20(6)32(43)24-14-25(38)19(5)33(44)26(24)34(27)45/h10-15,17,21-23,28-31,38-42,44H,1-9H3,(H,37,46)(H,47,48)/b11-10+,16-12+,18-13+/t15?,17-,21+,22+,23+,28?,29+,30+,31+/m0/s1. The molecule has 0 bridgehead atoms. The van der Waals surface area contributed by atoms with E-state index in [2.05, 4.69) is 5.32 Å². The highest BCUT2D eigenvalue weighted by atomic mass is 16.4. The first-order valence-corrected chi connectivity index (χ1v) is 15.8. The minimum atomic E-state index is -1.17. The summed E-state index contributed by atoms with van der Waals surface area (Å²) in [6.45, 7) is 13.8. The van der Waals surface area contributed by atoms with E-state index in [0.717, 1.165) is 6.07 Å². The summed E-state index contributed by atoms with van der Waals surface area (Å²) in [6.07, 6.45) is 1.49. The van der Waals surface area contributed by atoms with E-state index in [1.807, 2.05) is 0 Å². The lowest BCUT2D eigenvalue weighted by Gasteiger charge is -2.36. The molecule has 1 aromatic rings. The van der Waals surface area contributed by atoms with Crippen LogP contribution in [0.1, 0.15) is 81.7 Å². The number of aromatic hydroxyl groups is 2. The number of hydrogen-bond acceptors (Lipinski definition) is 10. The Labute approximate surface area is 280 Å². The molecule has 12 heteroatoms. The minimum absolute atomic E-state index is 0.0193. The molecule has 0 saturated heterocycles. The molecule has 0 fully saturated rings. The molecule has 0 aromatic heterocycles. The van der Waals surface area contributed by atoms with Crippen molar-refractivity contribution in [3.05, 3.63) is 69.5 Å². The summed E-state index contributed by atoms with van der Waals surface area (Å²) in [5.74, 6) is -7.36. The summed E-state index contributed by atoms with van der Waals surface area (Å²) < 4.78 is 0. The molecule has 8 N–H and O–H groups in total. The number of Topliss-reactive ketones (excluding diaryl/α,β-unsaturated/α-hetero) is 2. The lowest BCUT2D eigenvalue weighted by Crippen LogP contribution is -2.45. The maximum atomic E-state index is 13.2. The molecule has 1 aliphatic carbocycles. The number of nitrogens with one attached hydrogen (secondary N) is 1. The fourth-order valence-corrected chi connectivity index (χ4v) is 5.79. The fraction of sp³-hybridized carbons (Fsp3) is 0.500. The average molecular weight is 672 g/mol. The Kier molecular flexibility index (Phi) is 13.6. The van der Waals surface area contributed by atoms with E-state index in [0.29, 0.717) is 0 Å². The summed E-state index contributed by atoms with van der Waals surface area (Å²) in [5.41, 5.74) is -0.573. The topological polar surface area (TPSA) is 222 Å². The highest BCUT2D eigenvalue weighted by molar-refractivity contribution is 6.28. The van der Waals surface area contributed by atoms with Crippen molar-refractivity contribution in [1.82, 2.24) is 5.32 Å². The molecule has 264 valence electrons. The van der Waals surface area contributed by atoms with Gasteiger partial charge in [0.1, 0.15) is 11.5 Å². The molecule has 2 rings (SSSR count). The summed E-state index contributed by atoms with van der Waals surface area (Å²) in [5, 5.41) is 75.6. The molecule has 0 heterocycles. The van der Waals surface area contributed by atoms with Gasteiger partial charge in [-0.25, -0.2) is 4.79 Å². The van der Waals surface area contributed by atoms with Crippen molar-refractivity contribution < 1.29 is 54.9 Å². The smallest absolute Gasteiger partial charge is 0.330 e. The maximum Gasteiger partial charge on any atom is 0.330 e. The van der Waals surface area contributed by atoms with Crippen LogP contribution in [-0.4, -0.2) is 83.6 Å². The number of rotatable bonds is 14. The Hall–Kier alpha value is -4.10. The number of amides is 1. The maximum absolute atomic E-state index is 13.2. The van der Waals surface area contributed by atoms with Gasteiger partial charge in [-0.1, -0.05) is 58.9 Å². The second-order valence-corrected chi connectivity index (χ2v) is 13.1. The molecule has 9 atom stereocenters. The number of carboxylic acids is 1. The molecule has 0 spiro atoms. The number of ketones is 2. The SMILES string of the molecule is CC1=C(NC(=O)/C(C)=C/C=C/C(C)C(O)[C@@H](C)[C@@H](O)[C@@H](C)[C@H](O)[C@H](C)[C@H](O)[C@@H](C)/C=C(\C)C(=O)O)C(=O)c2c(cc(O)c(C)c2O)C1=O. The van der Waals surface area contributed by atoms with Gasteiger partial charge in [-0.3, -0.25) is 14.4 Å². The normalized spacial score (nSPS) is 20.0. The van der Waals surface area contributed by atoms with Crippen molar-refractivity contribution in [3.8, 4) is 11.5 Å². The third-order valence-electron chi connectivity index (χ3n) is 9.46. The first kappa shape index (κ1) is 40.1. The number of fused-ring (bicyclic) bond motifs is 1. The first-order chi connectivity index (χ1) is 22.1. The minimum Gasteiger partial charge on any atom is -0.508 e. The zero-order valence-electron chi connectivity index (χ0n) is 28.8. The molecule has 0 saturated carbocycles.